The van der Waals surface area contributed by atoms with E-state index in [1.54, 1.807) is 12.0 Å². The number of nitrogens with zero attached hydrogens (tertiary/aromatic N) is 1. The van der Waals surface area contributed by atoms with Crippen molar-refractivity contribution in [3.8, 4) is 5.75 Å². The van der Waals surface area contributed by atoms with Crippen molar-refractivity contribution in [2.75, 3.05) is 32.2 Å². The molecular formula is C25H31ClN2O3. The van der Waals surface area contributed by atoms with E-state index in [1.165, 1.54) is 11.1 Å². The zero-order chi connectivity index (χ0) is 20.7. The normalized spacial score (nSPS) is 27.7. The molecule has 2 aromatic carbocycles. The molecule has 1 N–H and O–H groups in total. The molecule has 1 amide bonds. The van der Waals surface area contributed by atoms with Gasteiger partial charge in [0, 0.05) is 30.6 Å². The number of hydrogen-bond acceptors (Lipinski definition) is 4. The summed E-state index contributed by atoms with van der Waals surface area (Å²) in [6.07, 6.45) is 4.47. The topological polar surface area (TPSA) is 50.8 Å². The molecule has 2 aromatic rings. The van der Waals surface area contributed by atoms with Gasteiger partial charge < -0.3 is 19.7 Å². The number of amides is 1. The smallest absolute Gasteiger partial charge is 0.227 e. The maximum atomic E-state index is 12.2. The van der Waals surface area contributed by atoms with Gasteiger partial charge in [0.2, 0.25) is 5.91 Å². The number of fused-ring (bicyclic) bond motifs is 1. The van der Waals surface area contributed by atoms with Crippen molar-refractivity contribution in [1.82, 2.24) is 5.32 Å². The number of carbonyl (C=O) groups is 1. The number of benzene rings is 2. The maximum absolute atomic E-state index is 12.2. The SMILES string of the molecule is COc1cc2c(cc1C1COC3(CCCNC3c3ccccc3)C1)N(C)C(=O)CC2.Cl. The van der Waals surface area contributed by atoms with Crippen molar-refractivity contribution < 1.29 is 14.3 Å². The third-order valence-electron chi connectivity index (χ3n) is 7.16. The lowest BCUT2D eigenvalue weighted by atomic mass is 9.76. The Balaban J connectivity index is 0.00000231. The fraction of sp³-hybridized carbons (Fsp3) is 0.480. The minimum Gasteiger partial charge on any atom is -0.496 e. The average molecular weight is 443 g/mol. The van der Waals surface area contributed by atoms with E-state index in [1.807, 2.05) is 7.05 Å². The highest BCUT2D eigenvalue weighted by Crippen LogP contribution is 2.50. The molecule has 5 nitrogen and oxygen atoms in total. The first-order valence-electron chi connectivity index (χ1n) is 11.0. The zero-order valence-corrected chi connectivity index (χ0v) is 19.0. The van der Waals surface area contributed by atoms with Crippen LogP contribution in [0.5, 0.6) is 5.75 Å². The summed E-state index contributed by atoms with van der Waals surface area (Å²) < 4.78 is 12.4. The van der Waals surface area contributed by atoms with Crippen molar-refractivity contribution >= 4 is 24.0 Å². The predicted molar refractivity (Wildman–Crippen MR) is 124 cm³/mol. The Labute approximate surface area is 190 Å². The first-order valence-corrected chi connectivity index (χ1v) is 11.0. The van der Waals surface area contributed by atoms with Crippen LogP contribution in [0.2, 0.25) is 0 Å². The standard InChI is InChI=1S/C25H30N2O3.ClH/c1-27-21-14-20(22(29-2)13-18(21)9-10-23(27)28)19-15-25(30-16-19)11-6-12-26-24(25)17-7-4-3-5-8-17;/h3-5,7-8,13-14,19,24,26H,6,9-12,15-16H2,1-2H3;1H. The number of carbonyl (C=O) groups excluding carboxylic acids is 1. The van der Waals surface area contributed by atoms with Crippen LogP contribution in [0.25, 0.3) is 0 Å². The molecule has 31 heavy (non-hydrogen) atoms. The molecular weight excluding hydrogens is 412 g/mol. The van der Waals surface area contributed by atoms with E-state index in [0.29, 0.717) is 13.0 Å². The number of anilines is 1. The molecule has 0 aliphatic carbocycles. The third-order valence-corrected chi connectivity index (χ3v) is 7.16. The number of hydrogen-bond donors (Lipinski definition) is 1. The summed E-state index contributed by atoms with van der Waals surface area (Å²) in [7, 11) is 3.61. The highest BCUT2D eigenvalue weighted by Gasteiger charge is 2.49. The van der Waals surface area contributed by atoms with E-state index in [2.05, 4.69) is 47.8 Å². The lowest BCUT2D eigenvalue weighted by Gasteiger charge is -2.41. The molecule has 3 atom stereocenters. The Morgan fingerprint density at radius 3 is 2.77 bits per heavy atom. The van der Waals surface area contributed by atoms with Crippen molar-refractivity contribution in [3.05, 3.63) is 59.2 Å². The number of aryl methyl sites for hydroxylation is 1. The molecule has 3 aliphatic rings. The largest absolute Gasteiger partial charge is 0.496 e. The van der Waals surface area contributed by atoms with Crippen molar-refractivity contribution in [2.24, 2.45) is 0 Å². The molecule has 5 rings (SSSR count). The second kappa shape index (κ2) is 8.81. The number of nitrogens with one attached hydrogen (secondary N) is 1. The molecule has 0 radical (unpaired) electrons. The van der Waals surface area contributed by atoms with Gasteiger partial charge in [0.25, 0.3) is 0 Å². The molecule has 0 bridgehead atoms. The van der Waals surface area contributed by atoms with E-state index in [-0.39, 0.29) is 35.9 Å². The van der Waals surface area contributed by atoms with Gasteiger partial charge in [-0.25, -0.2) is 0 Å². The first kappa shape index (κ1) is 22.1. The summed E-state index contributed by atoms with van der Waals surface area (Å²) >= 11 is 0. The summed E-state index contributed by atoms with van der Waals surface area (Å²) in [6, 6.07) is 15.2. The van der Waals surface area contributed by atoms with Crippen LogP contribution in [0.1, 0.15) is 54.3 Å². The first-order chi connectivity index (χ1) is 14.6. The quantitative estimate of drug-likeness (QED) is 0.765. The molecule has 2 saturated heterocycles. The lowest BCUT2D eigenvalue weighted by molar-refractivity contribution is -0.118. The number of methoxy groups -OCH3 is 1. The molecule has 1 spiro atoms. The number of rotatable bonds is 3. The number of ether oxygens (including phenoxy) is 2. The Morgan fingerprint density at radius 1 is 1.19 bits per heavy atom. The Hall–Kier alpha value is -2.08. The van der Waals surface area contributed by atoms with Gasteiger partial charge in [-0.2, -0.15) is 0 Å². The Kier molecular flexibility index (Phi) is 6.29. The van der Waals surface area contributed by atoms with Gasteiger partial charge in [0.1, 0.15) is 5.75 Å². The van der Waals surface area contributed by atoms with Crippen LogP contribution in [0.15, 0.2) is 42.5 Å². The lowest BCUT2D eigenvalue weighted by Crippen LogP contribution is -2.48. The van der Waals surface area contributed by atoms with E-state index >= 15 is 0 Å². The summed E-state index contributed by atoms with van der Waals surface area (Å²) in [5.74, 6) is 1.35. The van der Waals surface area contributed by atoms with E-state index in [0.717, 1.165) is 49.2 Å². The number of halogens is 1. The number of piperidine rings is 1. The molecule has 2 fully saturated rings. The van der Waals surface area contributed by atoms with Gasteiger partial charge in [0.15, 0.2) is 0 Å². The fourth-order valence-electron chi connectivity index (χ4n) is 5.59. The molecule has 3 aliphatic heterocycles. The maximum Gasteiger partial charge on any atom is 0.227 e. The highest BCUT2D eigenvalue weighted by molar-refractivity contribution is 5.96. The third kappa shape index (κ3) is 3.84. The van der Waals surface area contributed by atoms with E-state index in [9.17, 15) is 4.79 Å². The predicted octanol–water partition coefficient (Wildman–Crippen LogP) is 4.39. The van der Waals surface area contributed by atoms with Crippen molar-refractivity contribution in [2.45, 2.75) is 49.7 Å². The van der Waals surface area contributed by atoms with E-state index in [4.69, 9.17) is 9.47 Å². The van der Waals surface area contributed by atoms with Gasteiger partial charge >= 0.3 is 0 Å². The monoisotopic (exact) mass is 442 g/mol. The van der Waals surface area contributed by atoms with Crippen LogP contribution in [0.4, 0.5) is 5.69 Å². The molecule has 166 valence electrons. The van der Waals surface area contributed by atoms with Crippen LogP contribution in [0, 0.1) is 0 Å². The van der Waals surface area contributed by atoms with Crippen LogP contribution >= 0.6 is 12.4 Å². The van der Waals surface area contributed by atoms with Crippen LogP contribution in [0.3, 0.4) is 0 Å². The van der Waals surface area contributed by atoms with E-state index < -0.39 is 0 Å². The second-order valence-electron chi connectivity index (χ2n) is 8.85. The van der Waals surface area contributed by atoms with Gasteiger partial charge in [-0.1, -0.05) is 30.3 Å². The fourth-order valence-corrected chi connectivity index (χ4v) is 5.59. The molecule has 3 heterocycles. The minimum absolute atomic E-state index is 0. The van der Waals surface area contributed by atoms with Crippen molar-refractivity contribution in [1.29, 1.82) is 0 Å². The second-order valence-corrected chi connectivity index (χ2v) is 8.85. The van der Waals surface area contributed by atoms with Gasteiger partial charge in [-0.05, 0) is 55.5 Å². The Bertz CT molecular complexity index is 951. The summed E-state index contributed by atoms with van der Waals surface area (Å²) in [5.41, 5.74) is 4.46. The zero-order valence-electron chi connectivity index (χ0n) is 18.2. The van der Waals surface area contributed by atoms with Gasteiger partial charge in [-0.15, -0.1) is 12.4 Å². The molecule has 0 saturated carbocycles. The van der Waals surface area contributed by atoms with Crippen LogP contribution in [-0.2, 0) is 16.0 Å². The average Bonchev–Trinajstić information content (AvgIpc) is 3.20. The minimum atomic E-state index is -0.201. The van der Waals surface area contributed by atoms with Crippen LogP contribution in [-0.4, -0.2) is 38.8 Å². The molecule has 6 heteroatoms. The van der Waals surface area contributed by atoms with Gasteiger partial charge in [0.05, 0.1) is 25.4 Å². The Morgan fingerprint density at radius 2 is 2.00 bits per heavy atom. The summed E-state index contributed by atoms with van der Waals surface area (Å²) in [6.45, 7) is 1.70. The van der Waals surface area contributed by atoms with Gasteiger partial charge in [-0.3, -0.25) is 4.79 Å². The van der Waals surface area contributed by atoms with Crippen molar-refractivity contribution in [3.63, 3.8) is 0 Å². The highest BCUT2D eigenvalue weighted by atomic mass is 35.5. The van der Waals surface area contributed by atoms with Crippen LogP contribution < -0.4 is 15.0 Å². The summed E-state index contributed by atoms with van der Waals surface area (Å²) in [5, 5.41) is 3.72. The molecule has 0 aromatic heterocycles. The summed E-state index contributed by atoms with van der Waals surface area (Å²) in [4.78, 5) is 14.0. The molecule has 3 unspecified atom stereocenters.